The molecule has 0 spiro atoms. The quantitative estimate of drug-likeness (QED) is 0.925. The minimum atomic E-state index is 0.509. The highest BCUT2D eigenvalue weighted by atomic mass is 79.9. The number of rotatable bonds is 3. The van der Waals surface area contributed by atoms with Crippen LogP contribution in [0.15, 0.2) is 41.1 Å². The van der Waals surface area contributed by atoms with E-state index in [4.69, 9.17) is 5.73 Å². The van der Waals surface area contributed by atoms with Gasteiger partial charge in [0.05, 0.1) is 12.7 Å². The maximum absolute atomic E-state index is 5.57. The SMILES string of the molecule is NCc1cnn(Cc2ccccc2)c1Br. The molecule has 2 aromatic rings. The molecule has 3 nitrogen and oxygen atoms in total. The number of nitrogens with zero attached hydrogens (tertiary/aromatic N) is 2. The molecule has 78 valence electrons. The summed E-state index contributed by atoms with van der Waals surface area (Å²) in [7, 11) is 0. The van der Waals surface area contributed by atoms with E-state index in [2.05, 4.69) is 33.2 Å². The van der Waals surface area contributed by atoms with Crippen molar-refractivity contribution in [1.82, 2.24) is 9.78 Å². The summed E-state index contributed by atoms with van der Waals surface area (Å²) in [5.41, 5.74) is 7.83. The van der Waals surface area contributed by atoms with Crippen molar-refractivity contribution in [3.8, 4) is 0 Å². The van der Waals surface area contributed by atoms with Crippen LogP contribution in [0.1, 0.15) is 11.1 Å². The molecule has 1 heterocycles. The highest BCUT2D eigenvalue weighted by molar-refractivity contribution is 9.10. The Morgan fingerprint density at radius 1 is 1.27 bits per heavy atom. The van der Waals surface area contributed by atoms with Crippen molar-refractivity contribution in [3.05, 3.63) is 52.3 Å². The first-order valence-electron chi connectivity index (χ1n) is 4.75. The lowest BCUT2D eigenvalue weighted by Crippen LogP contribution is -2.02. The van der Waals surface area contributed by atoms with Gasteiger partial charge >= 0.3 is 0 Å². The first-order valence-corrected chi connectivity index (χ1v) is 5.54. The lowest BCUT2D eigenvalue weighted by Gasteiger charge is -2.03. The molecule has 0 unspecified atom stereocenters. The molecule has 4 heteroatoms. The van der Waals surface area contributed by atoms with Gasteiger partial charge in [-0.2, -0.15) is 5.10 Å². The van der Waals surface area contributed by atoms with Crippen molar-refractivity contribution >= 4 is 15.9 Å². The highest BCUT2D eigenvalue weighted by Crippen LogP contribution is 2.16. The molecule has 2 rings (SSSR count). The van der Waals surface area contributed by atoms with Gasteiger partial charge in [-0.15, -0.1) is 0 Å². The van der Waals surface area contributed by atoms with Crippen LogP contribution in [0, 0.1) is 0 Å². The largest absolute Gasteiger partial charge is 0.326 e. The predicted molar refractivity (Wildman–Crippen MR) is 63.4 cm³/mol. The van der Waals surface area contributed by atoms with Gasteiger partial charge in [0.2, 0.25) is 0 Å². The topological polar surface area (TPSA) is 43.8 Å². The smallest absolute Gasteiger partial charge is 0.108 e. The Bertz CT molecular complexity index is 436. The minimum Gasteiger partial charge on any atom is -0.326 e. The maximum atomic E-state index is 5.57. The summed E-state index contributed by atoms with van der Waals surface area (Å²) in [6, 6.07) is 10.2. The van der Waals surface area contributed by atoms with Crippen molar-refractivity contribution in [2.45, 2.75) is 13.1 Å². The fourth-order valence-corrected chi connectivity index (χ4v) is 1.89. The Kier molecular flexibility index (Phi) is 3.18. The van der Waals surface area contributed by atoms with Crippen molar-refractivity contribution in [1.29, 1.82) is 0 Å². The third-order valence-electron chi connectivity index (χ3n) is 2.24. The molecule has 0 aliphatic heterocycles. The number of nitrogens with two attached hydrogens (primary N) is 1. The summed E-state index contributed by atoms with van der Waals surface area (Å²) >= 11 is 3.49. The lowest BCUT2D eigenvalue weighted by atomic mass is 10.2. The normalized spacial score (nSPS) is 10.5. The number of halogens is 1. The Hall–Kier alpha value is -1.13. The van der Waals surface area contributed by atoms with Crippen LogP contribution in [0.5, 0.6) is 0 Å². The van der Waals surface area contributed by atoms with Crippen LogP contribution in [-0.2, 0) is 13.1 Å². The third kappa shape index (κ3) is 2.27. The van der Waals surface area contributed by atoms with Gasteiger partial charge in [0, 0.05) is 12.1 Å². The zero-order valence-electron chi connectivity index (χ0n) is 8.23. The van der Waals surface area contributed by atoms with Gasteiger partial charge in [0.25, 0.3) is 0 Å². The Labute approximate surface area is 97.0 Å². The second kappa shape index (κ2) is 4.59. The van der Waals surface area contributed by atoms with Crippen molar-refractivity contribution in [2.75, 3.05) is 0 Å². The Balaban J connectivity index is 2.21. The molecule has 15 heavy (non-hydrogen) atoms. The van der Waals surface area contributed by atoms with Crippen LogP contribution in [-0.4, -0.2) is 9.78 Å². The van der Waals surface area contributed by atoms with Gasteiger partial charge in [0.1, 0.15) is 4.60 Å². The summed E-state index contributed by atoms with van der Waals surface area (Å²) in [6.07, 6.45) is 1.80. The highest BCUT2D eigenvalue weighted by Gasteiger charge is 2.06. The predicted octanol–water partition coefficient (Wildman–Crippen LogP) is 2.15. The van der Waals surface area contributed by atoms with E-state index in [0.717, 1.165) is 16.7 Å². The molecule has 0 amide bonds. The van der Waals surface area contributed by atoms with E-state index in [1.807, 2.05) is 22.9 Å². The second-order valence-electron chi connectivity index (χ2n) is 3.31. The minimum absolute atomic E-state index is 0.509. The Morgan fingerprint density at radius 2 is 2.00 bits per heavy atom. The Morgan fingerprint density at radius 3 is 2.60 bits per heavy atom. The van der Waals surface area contributed by atoms with Gasteiger partial charge < -0.3 is 5.73 Å². The maximum Gasteiger partial charge on any atom is 0.108 e. The number of benzene rings is 1. The number of hydrogen-bond donors (Lipinski definition) is 1. The molecule has 0 aliphatic rings. The molecular weight excluding hydrogens is 254 g/mol. The number of aromatic nitrogens is 2. The lowest BCUT2D eigenvalue weighted by molar-refractivity contribution is 0.670. The van der Waals surface area contributed by atoms with Crippen LogP contribution in [0.4, 0.5) is 0 Å². The molecule has 1 aromatic carbocycles. The molecule has 0 aliphatic carbocycles. The average molecular weight is 266 g/mol. The zero-order chi connectivity index (χ0) is 10.7. The van der Waals surface area contributed by atoms with Crippen LogP contribution in [0.2, 0.25) is 0 Å². The van der Waals surface area contributed by atoms with E-state index in [1.165, 1.54) is 5.56 Å². The summed E-state index contributed by atoms with van der Waals surface area (Å²) in [4.78, 5) is 0. The van der Waals surface area contributed by atoms with E-state index in [1.54, 1.807) is 6.20 Å². The van der Waals surface area contributed by atoms with E-state index in [9.17, 15) is 0 Å². The molecule has 0 radical (unpaired) electrons. The van der Waals surface area contributed by atoms with Crippen molar-refractivity contribution in [2.24, 2.45) is 5.73 Å². The van der Waals surface area contributed by atoms with Crippen LogP contribution >= 0.6 is 15.9 Å². The molecule has 2 N–H and O–H groups in total. The molecule has 0 fully saturated rings. The first-order chi connectivity index (χ1) is 7.31. The first kappa shape index (κ1) is 10.4. The second-order valence-corrected chi connectivity index (χ2v) is 4.06. The summed E-state index contributed by atoms with van der Waals surface area (Å²) < 4.78 is 2.87. The summed E-state index contributed by atoms with van der Waals surface area (Å²) in [6.45, 7) is 1.27. The van der Waals surface area contributed by atoms with Crippen molar-refractivity contribution < 1.29 is 0 Å². The fourth-order valence-electron chi connectivity index (χ4n) is 1.41. The van der Waals surface area contributed by atoms with Gasteiger partial charge in [-0.1, -0.05) is 30.3 Å². The van der Waals surface area contributed by atoms with Gasteiger partial charge in [0.15, 0.2) is 0 Å². The molecule has 0 saturated heterocycles. The molecule has 0 saturated carbocycles. The van der Waals surface area contributed by atoms with E-state index < -0.39 is 0 Å². The standard InChI is InChI=1S/C11H12BrN3/c12-11-10(6-13)7-14-15(11)8-9-4-2-1-3-5-9/h1-5,7H,6,8,13H2. The zero-order valence-corrected chi connectivity index (χ0v) is 9.81. The fraction of sp³-hybridized carbons (Fsp3) is 0.182. The van der Waals surface area contributed by atoms with Gasteiger partial charge in [-0.3, -0.25) is 4.68 Å². The number of hydrogen-bond acceptors (Lipinski definition) is 2. The average Bonchev–Trinajstić information content (AvgIpc) is 2.62. The summed E-state index contributed by atoms with van der Waals surface area (Å²) in [5, 5.41) is 4.27. The van der Waals surface area contributed by atoms with Crippen LogP contribution in [0.25, 0.3) is 0 Å². The van der Waals surface area contributed by atoms with Gasteiger partial charge in [-0.05, 0) is 21.5 Å². The molecular formula is C11H12BrN3. The van der Waals surface area contributed by atoms with Crippen LogP contribution < -0.4 is 5.73 Å². The monoisotopic (exact) mass is 265 g/mol. The molecule has 0 atom stereocenters. The molecule has 0 bridgehead atoms. The van der Waals surface area contributed by atoms with Crippen molar-refractivity contribution in [3.63, 3.8) is 0 Å². The van der Waals surface area contributed by atoms with E-state index >= 15 is 0 Å². The van der Waals surface area contributed by atoms with E-state index in [0.29, 0.717) is 6.54 Å². The third-order valence-corrected chi connectivity index (χ3v) is 3.16. The van der Waals surface area contributed by atoms with Crippen LogP contribution in [0.3, 0.4) is 0 Å². The van der Waals surface area contributed by atoms with E-state index in [-0.39, 0.29) is 0 Å². The molecule has 1 aromatic heterocycles. The van der Waals surface area contributed by atoms with Gasteiger partial charge in [-0.25, -0.2) is 0 Å². The summed E-state index contributed by atoms with van der Waals surface area (Å²) in [5.74, 6) is 0.